The molecule has 0 heterocycles. The number of allylic oxidation sites excluding steroid dienone is 1. The highest BCUT2D eigenvalue weighted by atomic mass is 16.3. The van der Waals surface area contributed by atoms with Crippen molar-refractivity contribution in [2.75, 3.05) is 0 Å². The summed E-state index contributed by atoms with van der Waals surface area (Å²) in [7, 11) is 0. The average molecular weight is 220 g/mol. The van der Waals surface area contributed by atoms with Crippen molar-refractivity contribution in [1.29, 1.82) is 0 Å². The smallest absolute Gasteiger partial charge is 0.168 e. The van der Waals surface area contributed by atoms with E-state index in [0.29, 0.717) is 11.1 Å². The summed E-state index contributed by atoms with van der Waals surface area (Å²) >= 11 is 0. The molecule has 0 fully saturated rings. The number of hydrogen-bond acceptors (Lipinski definition) is 3. The zero-order valence-corrected chi connectivity index (χ0v) is 9.74. The quantitative estimate of drug-likeness (QED) is 0.595. The Morgan fingerprint density at radius 1 is 1.19 bits per heavy atom. The number of phenols is 2. The molecule has 16 heavy (non-hydrogen) atoms. The number of benzene rings is 1. The van der Waals surface area contributed by atoms with E-state index in [4.69, 9.17) is 5.11 Å². The van der Waals surface area contributed by atoms with Crippen LogP contribution in [0.25, 0.3) is 5.57 Å². The van der Waals surface area contributed by atoms with Gasteiger partial charge in [0.2, 0.25) is 0 Å². The van der Waals surface area contributed by atoms with Crippen LogP contribution in [0, 0.1) is 5.41 Å². The summed E-state index contributed by atoms with van der Waals surface area (Å²) in [6.45, 7) is 9.14. The number of hydrogen-bond donors (Lipinski definition) is 2. The van der Waals surface area contributed by atoms with Crippen molar-refractivity contribution in [2.24, 2.45) is 5.41 Å². The number of ketones is 1. The molecule has 3 heteroatoms. The van der Waals surface area contributed by atoms with Crippen LogP contribution in [-0.4, -0.2) is 16.0 Å². The van der Waals surface area contributed by atoms with Crippen LogP contribution < -0.4 is 0 Å². The number of rotatable bonds is 2. The molecule has 0 saturated heterocycles. The van der Waals surface area contributed by atoms with E-state index in [1.165, 1.54) is 12.1 Å². The van der Waals surface area contributed by atoms with Gasteiger partial charge in [0.05, 0.1) is 0 Å². The van der Waals surface area contributed by atoms with Crippen molar-refractivity contribution in [2.45, 2.75) is 20.8 Å². The summed E-state index contributed by atoms with van der Waals surface area (Å²) in [6, 6.07) is 4.23. The van der Waals surface area contributed by atoms with Crippen LogP contribution in [0.1, 0.15) is 26.3 Å². The Hall–Kier alpha value is -1.77. The lowest BCUT2D eigenvalue weighted by molar-refractivity contribution is -0.120. The van der Waals surface area contributed by atoms with E-state index in [1.54, 1.807) is 26.8 Å². The molecule has 3 nitrogen and oxygen atoms in total. The van der Waals surface area contributed by atoms with E-state index in [1.807, 2.05) is 0 Å². The second kappa shape index (κ2) is 4.00. The molecule has 0 aliphatic heterocycles. The minimum Gasteiger partial charge on any atom is -0.504 e. The van der Waals surface area contributed by atoms with Gasteiger partial charge in [0.25, 0.3) is 0 Å². The number of Topliss-reactive ketones (excluding diaryl/α,β-unsaturated/α-hetero) is 1. The Kier molecular flexibility index (Phi) is 3.08. The van der Waals surface area contributed by atoms with Crippen LogP contribution in [-0.2, 0) is 4.79 Å². The van der Waals surface area contributed by atoms with Gasteiger partial charge in [0, 0.05) is 11.0 Å². The van der Waals surface area contributed by atoms with Gasteiger partial charge in [-0.3, -0.25) is 4.79 Å². The first kappa shape index (κ1) is 12.3. The van der Waals surface area contributed by atoms with Crippen LogP contribution in [0.2, 0.25) is 0 Å². The molecule has 1 aromatic rings. The number of carbonyl (C=O) groups excluding carboxylic acids is 1. The first-order valence-electron chi connectivity index (χ1n) is 4.99. The maximum Gasteiger partial charge on any atom is 0.168 e. The summed E-state index contributed by atoms with van der Waals surface area (Å²) in [5, 5.41) is 18.5. The summed E-state index contributed by atoms with van der Waals surface area (Å²) < 4.78 is 0. The third-order valence-corrected chi connectivity index (χ3v) is 2.28. The van der Waals surface area contributed by atoms with E-state index in [-0.39, 0.29) is 17.3 Å². The molecule has 1 rings (SSSR count). The van der Waals surface area contributed by atoms with Gasteiger partial charge in [-0.2, -0.15) is 0 Å². The van der Waals surface area contributed by atoms with Gasteiger partial charge in [-0.05, 0) is 17.7 Å². The van der Waals surface area contributed by atoms with Gasteiger partial charge in [0.1, 0.15) is 0 Å². The number of aromatic hydroxyl groups is 2. The standard InChI is InChI=1S/C13H16O3/c1-8(12(16)13(2,3)4)9-5-6-10(14)11(15)7-9/h5-7,14-15H,1H2,2-4H3. The second-order valence-corrected chi connectivity index (χ2v) is 4.76. The first-order valence-corrected chi connectivity index (χ1v) is 4.99. The van der Waals surface area contributed by atoms with Crippen LogP contribution in [0.3, 0.4) is 0 Å². The van der Waals surface area contributed by atoms with Gasteiger partial charge in [-0.15, -0.1) is 0 Å². The minimum atomic E-state index is -0.509. The summed E-state index contributed by atoms with van der Waals surface area (Å²) in [6.07, 6.45) is 0. The normalized spacial score (nSPS) is 11.2. The Morgan fingerprint density at radius 3 is 2.19 bits per heavy atom. The lowest BCUT2D eigenvalue weighted by Crippen LogP contribution is -2.20. The van der Waals surface area contributed by atoms with Crippen molar-refractivity contribution in [3.8, 4) is 11.5 Å². The highest BCUT2D eigenvalue weighted by Gasteiger charge is 2.24. The molecule has 0 aliphatic rings. The average Bonchev–Trinajstić information content (AvgIpc) is 2.18. The van der Waals surface area contributed by atoms with Crippen molar-refractivity contribution in [3.05, 3.63) is 30.3 Å². The lowest BCUT2D eigenvalue weighted by atomic mass is 9.84. The Bertz CT molecular complexity index is 439. The topological polar surface area (TPSA) is 57.5 Å². The van der Waals surface area contributed by atoms with E-state index in [9.17, 15) is 9.90 Å². The maximum atomic E-state index is 11.9. The molecule has 0 aliphatic carbocycles. The lowest BCUT2D eigenvalue weighted by Gasteiger charge is -2.18. The molecule has 86 valence electrons. The molecular formula is C13H16O3. The van der Waals surface area contributed by atoms with Crippen molar-refractivity contribution < 1.29 is 15.0 Å². The van der Waals surface area contributed by atoms with E-state index < -0.39 is 5.41 Å². The Morgan fingerprint density at radius 2 is 1.75 bits per heavy atom. The maximum absolute atomic E-state index is 11.9. The van der Waals surface area contributed by atoms with Gasteiger partial charge in [-0.1, -0.05) is 33.4 Å². The van der Waals surface area contributed by atoms with Crippen molar-refractivity contribution in [1.82, 2.24) is 0 Å². The summed E-state index contributed by atoms with van der Waals surface area (Å²) in [5.41, 5.74) is 0.350. The number of phenolic OH excluding ortho intramolecular Hbond substituents is 2. The zero-order valence-electron chi connectivity index (χ0n) is 9.74. The molecule has 0 aromatic heterocycles. The fourth-order valence-electron chi connectivity index (χ4n) is 1.29. The third-order valence-electron chi connectivity index (χ3n) is 2.28. The highest BCUT2D eigenvalue weighted by molar-refractivity contribution is 6.22. The predicted octanol–water partition coefficient (Wildman–Crippen LogP) is 2.73. The van der Waals surface area contributed by atoms with E-state index in [0.717, 1.165) is 0 Å². The number of carbonyl (C=O) groups is 1. The largest absolute Gasteiger partial charge is 0.504 e. The summed E-state index contributed by atoms with van der Waals surface area (Å²) in [4.78, 5) is 11.9. The van der Waals surface area contributed by atoms with Crippen LogP contribution in [0.4, 0.5) is 0 Å². The van der Waals surface area contributed by atoms with Crippen molar-refractivity contribution in [3.63, 3.8) is 0 Å². The Labute approximate surface area is 95.0 Å². The van der Waals surface area contributed by atoms with Crippen molar-refractivity contribution >= 4 is 11.4 Å². The molecule has 0 radical (unpaired) electrons. The first-order chi connectivity index (χ1) is 7.23. The third kappa shape index (κ3) is 2.42. The SMILES string of the molecule is C=C(C(=O)C(C)(C)C)c1ccc(O)c(O)c1. The minimum absolute atomic E-state index is 0.0856. The van der Waals surface area contributed by atoms with Gasteiger partial charge in [0.15, 0.2) is 17.3 Å². The van der Waals surface area contributed by atoms with Crippen LogP contribution in [0.5, 0.6) is 11.5 Å². The molecule has 0 unspecified atom stereocenters. The molecule has 0 spiro atoms. The highest BCUT2D eigenvalue weighted by Crippen LogP contribution is 2.31. The molecule has 0 atom stereocenters. The second-order valence-electron chi connectivity index (χ2n) is 4.76. The monoisotopic (exact) mass is 220 g/mol. The van der Waals surface area contributed by atoms with E-state index in [2.05, 4.69) is 6.58 Å². The Balaban J connectivity index is 3.07. The predicted molar refractivity (Wildman–Crippen MR) is 63.3 cm³/mol. The fraction of sp³-hybridized carbons (Fsp3) is 0.308. The fourth-order valence-corrected chi connectivity index (χ4v) is 1.29. The van der Waals surface area contributed by atoms with Gasteiger partial charge in [-0.25, -0.2) is 0 Å². The molecule has 0 bridgehead atoms. The molecular weight excluding hydrogens is 204 g/mol. The van der Waals surface area contributed by atoms with Gasteiger partial charge >= 0.3 is 0 Å². The van der Waals surface area contributed by atoms with Crippen LogP contribution in [0.15, 0.2) is 24.8 Å². The molecule has 0 saturated carbocycles. The molecule has 1 aromatic carbocycles. The van der Waals surface area contributed by atoms with E-state index >= 15 is 0 Å². The molecule has 0 amide bonds. The molecule has 2 N–H and O–H groups in total. The van der Waals surface area contributed by atoms with Crippen LogP contribution >= 0.6 is 0 Å². The zero-order chi connectivity index (χ0) is 12.5. The summed E-state index contributed by atoms with van der Waals surface area (Å²) in [5.74, 6) is -0.544. The van der Waals surface area contributed by atoms with Gasteiger partial charge < -0.3 is 10.2 Å².